The summed E-state index contributed by atoms with van der Waals surface area (Å²) in [5.41, 5.74) is -0.174. The van der Waals surface area contributed by atoms with Crippen molar-refractivity contribution in [1.82, 2.24) is 0 Å². The molecule has 0 unspecified atom stereocenters. The highest BCUT2D eigenvalue weighted by atomic mass is 19.1. The van der Waals surface area contributed by atoms with Crippen molar-refractivity contribution in [3.63, 3.8) is 0 Å². The van der Waals surface area contributed by atoms with Gasteiger partial charge in [0, 0.05) is 12.5 Å². The van der Waals surface area contributed by atoms with E-state index in [0.29, 0.717) is 6.07 Å². The summed E-state index contributed by atoms with van der Waals surface area (Å²) in [6.07, 6.45) is -0.328. The van der Waals surface area contributed by atoms with Gasteiger partial charge in [0.05, 0.1) is 12.7 Å². The Morgan fingerprint density at radius 1 is 1.15 bits per heavy atom. The van der Waals surface area contributed by atoms with Gasteiger partial charge in [0.25, 0.3) is 0 Å². The number of benzene rings is 2. The summed E-state index contributed by atoms with van der Waals surface area (Å²) in [5.74, 6) is -3.01. The van der Waals surface area contributed by atoms with Crippen LogP contribution in [-0.4, -0.2) is 12.9 Å². The van der Waals surface area contributed by atoms with Crippen molar-refractivity contribution < 1.29 is 22.7 Å². The van der Waals surface area contributed by atoms with Crippen LogP contribution in [-0.2, 0) is 6.42 Å². The van der Waals surface area contributed by atoms with Crippen LogP contribution in [0.4, 0.5) is 13.2 Å². The Hall–Kier alpha value is -2.30. The Morgan fingerprint density at radius 2 is 1.90 bits per heavy atom. The topological polar surface area (TPSA) is 26.3 Å². The fourth-order valence-corrected chi connectivity index (χ4v) is 1.83. The molecule has 2 aromatic rings. The van der Waals surface area contributed by atoms with E-state index in [-0.39, 0.29) is 23.3 Å². The molecular weight excluding hydrogens is 269 g/mol. The predicted octanol–water partition coefficient (Wildman–Crippen LogP) is 3.54. The highest BCUT2D eigenvalue weighted by Gasteiger charge is 2.16. The SMILES string of the molecule is COc1cccc(CC(=O)c2ccc(F)cc2F)c1F. The number of carbonyl (C=O) groups is 1. The van der Waals surface area contributed by atoms with Gasteiger partial charge < -0.3 is 4.74 Å². The van der Waals surface area contributed by atoms with Crippen LogP contribution in [0.15, 0.2) is 36.4 Å². The zero-order chi connectivity index (χ0) is 14.7. The molecule has 0 fully saturated rings. The van der Waals surface area contributed by atoms with Crippen molar-refractivity contribution in [2.24, 2.45) is 0 Å². The second-order valence-corrected chi connectivity index (χ2v) is 4.16. The van der Waals surface area contributed by atoms with Gasteiger partial charge in [0.15, 0.2) is 17.3 Å². The number of carbonyl (C=O) groups excluding carboxylic acids is 1. The van der Waals surface area contributed by atoms with E-state index in [1.807, 2.05) is 0 Å². The van der Waals surface area contributed by atoms with Crippen LogP contribution in [0.3, 0.4) is 0 Å². The third-order valence-corrected chi connectivity index (χ3v) is 2.85. The molecule has 0 amide bonds. The number of halogens is 3. The Kier molecular flexibility index (Phi) is 4.08. The molecule has 0 spiro atoms. The standard InChI is InChI=1S/C15H11F3O2/c1-20-14-4-2-3-9(15(14)18)7-13(19)11-6-5-10(16)8-12(11)17/h2-6,8H,7H2,1H3. The molecule has 0 atom stereocenters. The average molecular weight is 280 g/mol. The van der Waals surface area contributed by atoms with E-state index in [2.05, 4.69) is 0 Å². The third-order valence-electron chi connectivity index (χ3n) is 2.85. The first-order valence-corrected chi connectivity index (χ1v) is 5.82. The number of hydrogen-bond acceptors (Lipinski definition) is 2. The second kappa shape index (κ2) is 5.77. The van der Waals surface area contributed by atoms with Gasteiger partial charge in [0.2, 0.25) is 0 Å². The molecule has 0 bridgehead atoms. The quantitative estimate of drug-likeness (QED) is 0.801. The molecule has 2 rings (SSSR count). The lowest BCUT2D eigenvalue weighted by Gasteiger charge is -2.07. The van der Waals surface area contributed by atoms with Crippen LogP contribution in [0.2, 0.25) is 0 Å². The molecule has 0 saturated carbocycles. The summed E-state index contributed by atoms with van der Waals surface area (Å²) in [4.78, 5) is 11.9. The number of ether oxygens (including phenoxy) is 1. The lowest BCUT2D eigenvalue weighted by atomic mass is 10.0. The minimum absolute atomic E-state index is 0.00915. The van der Waals surface area contributed by atoms with Crippen LogP contribution < -0.4 is 4.74 Å². The molecule has 104 valence electrons. The van der Waals surface area contributed by atoms with Gasteiger partial charge in [-0.3, -0.25) is 4.79 Å². The molecule has 0 aliphatic heterocycles. The van der Waals surface area contributed by atoms with Gasteiger partial charge in [-0.2, -0.15) is 0 Å². The molecule has 0 radical (unpaired) electrons. The van der Waals surface area contributed by atoms with Crippen LogP contribution in [0, 0.1) is 17.5 Å². The molecule has 5 heteroatoms. The summed E-state index contributed by atoms with van der Waals surface area (Å²) in [5, 5.41) is 0. The minimum atomic E-state index is -0.960. The van der Waals surface area contributed by atoms with Gasteiger partial charge in [0.1, 0.15) is 11.6 Å². The van der Waals surface area contributed by atoms with Crippen molar-refractivity contribution >= 4 is 5.78 Å². The van der Waals surface area contributed by atoms with E-state index < -0.39 is 23.2 Å². The summed E-state index contributed by atoms with van der Waals surface area (Å²) in [6, 6.07) is 7.02. The Morgan fingerprint density at radius 3 is 2.55 bits per heavy atom. The average Bonchev–Trinajstić information content (AvgIpc) is 2.41. The van der Waals surface area contributed by atoms with E-state index >= 15 is 0 Å². The highest BCUT2D eigenvalue weighted by Crippen LogP contribution is 2.22. The number of methoxy groups -OCH3 is 1. The molecule has 2 nitrogen and oxygen atoms in total. The third kappa shape index (κ3) is 2.82. The first kappa shape index (κ1) is 14.1. The van der Waals surface area contributed by atoms with Gasteiger partial charge in [-0.25, -0.2) is 13.2 Å². The van der Waals surface area contributed by atoms with Crippen LogP contribution in [0.25, 0.3) is 0 Å². The number of hydrogen-bond donors (Lipinski definition) is 0. The predicted molar refractivity (Wildman–Crippen MR) is 67.3 cm³/mol. The maximum atomic E-state index is 13.9. The molecule has 20 heavy (non-hydrogen) atoms. The Balaban J connectivity index is 2.28. The van der Waals surface area contributed by atoms with Crippen LogP contribution in [0.1, 0.15) is 15.9 Å². The van der Waals surface area contributed by atoms with Crippen molar-refractivity contribution in [3.05, 3.63) is 65.0 Å². The van der Waals surface area contributed by atoms with Gasteiger partial charge in [-0.05, 0) is 23.8 Å². The minimum Gasteiger partial charge on any atom is -0.494 e. The van der Waals surface area contributed by atoms with Crippen LogP contribution >= 0.6 is 0 Å². The van der Waals surface area contributed by atoms with E-state index in [1.165, 1.54) is 25.3 Å². The monoisotopic (exact) mass is 280 g/mol. The largest absolute Gasteiger partial charge is 0.494 e. The van der Waals surface area contributed by atoms with Gasteiger partial charge in [-0.1, -0.05) is 12.1 Å². The van der Waals surface area contributed by atoms with Gasteiger partial charge >= 0.3 is 0 Å². The molecule has 0 aromatic heterocycles. The van der Waals surface area contributed by atoms with Crippen molar-refractivity contribution in [3.8, 4) is 5.75 Å². The molecule has 0 aliphatic rings. The highest BCUT2D eigenvalue weighted by molar-refractivity contribution is 5.97. The maximum absolute atomic E-state index is 13.9. The fraction of sp³-hybridized carbons (Fsp3) is 0.133. The normalized spacial score (nSPS) is 10.4. The zero-order valence-electron chi connectivity index (χ0n) is 10.6. The first-order chi connectivity index (χ1) is 9.52. The van der Waals surface area contributed by atoms with Crippen molar-refractivity contribution in [1.29, 1.82) is 0 Å². The lowest BCUT2D eigenvalue weighted by Crippen LogP contribution is -2.08. The summed E-state index contributed by atoms with van der Waals surface area (Å²) in [6.45, 7) is 0. The van der Waals surface area contributed by atoms with E-state index in [0.717, 1.165) is 12.1 Å². The summed E-state index contributed by atoms with van der Waals surface area (Å²) < 4.78 is 44.9. The van der Waals surface area contributed by atoms with E-state index in [9.17, 15) is 18.0 Å². The van der Waals surface area contributed by atoms with Crippen molar-refractivity contribution in [2.75, 3.05) is 7.11 Å². The second-order valence-electron chi connectivity index (χ2n) is 4.16. The molecular formula is C15H11F3O2. The smallest absolute Gasteiger partial charge is 0.170 e. The number of Topliss-reactive ketones (excluding diaryl/α,β-unsaturated/α-hetero) is 1. The lowest BCUT2D eigenvalue weighted by molar-refractivity contribution is 0.0988. The maximum Gasteiger partial charge on any atom is 0.170 e. The van der Waals surface area contributed by atoms with Crippen LogP contribution in [0.5, 0.6) is 5.75 Å². The Bertz CT molecular complexity index is 654. The molecule has 2 aromatic carbocycles. The Labute approximate surface area is 113 Å². The molecule has 0 N–H and O–H groups in total. The summed E-state index contributed by atoms with van der Waals surface area (Å²) in [7, 11) is 1.31. The first-order valence-electron chi connectivity index (χ1n) is 5.82. The van der Waals surface area contributed by atoms with Crippen molar-refractivity contribution in [2.45, 2.75) is 6.42 Å². The fourth-order valence-electron chi connectivity index (χ4n) is 1.83. The molecule has 0 aliphatic carbocycles. The molecule has 0 heterocycles. The zero-order valence-corrected chi connectivity index (χ0v) is 10.6. The summed E-state index contributed by atoms with van der Waals surface area (Å²) >= 11 is 0. The van der Waals surface area contributed by atoms with Gasteiger partial charge in [-0.15, -0.1) is 0 Å². The molecule has 0 saturated heterocycles. The van der Waals surface area contributed by atoms with E-state index in [1.54, 1.807) is 0 Å². The van der Waals surface area contributed by atoms with E-state index in [4.69, 9.17) is 4.74 Å². The number of rotatable bonds is 4. The number of ketones is 1.